The molecule has 0 saturated heterocycles. The number of aromatic nitrogens is 6. The summed E-state index contributed by atoms with van der Waals surface area (Å²) >= 11 is 0. The van der Waals surface area contributed by atoms with Crippen molar-refractivity contribution in [2.45, 2.75) is 6.61 Å². The van der Waals surface area contributed by atoms with Gasteiger partial charge in [0, 0.05) is 43.8 Å². The summed E-state index contributed by atoms with van der Waals surface area (Å²) in [7, 11) is 3.45. The molecular formula is C24H21N7O2. The van der Waals surface area contributed by atoms with Crippen LogP contribution in [-0.2, 0) is 13.7 Å². The summed E-state index contributed by atoms with van der Waals surface area (Å²) in [4.78, 5) is 20.8. The second kappa shape index (κ2) is 8.54. The zero-order chi connectivity index (χ0) is 22.8. The Hall–Kier alpha value is -4.53. The second-order valence-electron chi connectivity index (χ2n) is 7.49. The smallest absolute Gasteiger partial charge is 0.252 e. The fraction of sp³-hybridized carbons (Fsp3) is 0.125. The molecule has 33 heavy (non-hydrogen) atoms. The van der Waals surface area contributed by atoms with Crippen LogP contribution >= 0.6 is 0 Å². The highest BCUT2D eigenvalue weighted by Crippen LogP contribution is 2.31. The molecule has 164 valence electrons. The maximum atomic E-state index is 12.1. The first-order chi connectivity index (χ1) is 16.1. The SMILES string of the molecule is CNC(=O)c1cncc(-c2cnc3cc(-c4cnn(C)c4)c(OCc4ccccc4)nn23)c1. The van der Waals surface area contributed by atoms with E-state index in [4.69, 9.17) is 9.84 Å². The maximum Gasteiger partial charge on any atom is 0.252 e. The average Bonchev–Trinajstić information content (AvgIpc) is 3.48. The fourth-order valence-electron chi connectivity index (χ4n) is 3.54. The van der Waals surface area contributed by atoms with Gasteiger partial charge in [0.1, 0.15) is 6.61 Å². The molecule has 0 unspecified atom stereocenters. The number of rotatable bonds is 6. The van der Waals surface area contributed by atoms with Gasteiger partial charge in [-0.1, -0.05) is 30.3 Å². The van der Waals surface area contributed by atoms with E-state index >= 15 is 0 Å². The Morgan fingerprint density at radius 3 is 2.67 bits per heavy atom. The molecule has 1 N–H and O–H groups in total. The molecule has 0 radical (unpaired) electrons. The van der Waals surface area contributed by atoms with Gasteiger partial charge in [0.15, 0.2) is 5.65 Å². The van der Waals surface area contributed by atoms with E-state index in [2.05, 4.69) is 20.4 Å². The van der Waals surface area contributed by atoms with Crippen LogP contribution < -0.4 is 10.1 Å². The lowest BCUT2D eigenvalue weighted by Crippen LogP contribution is -2.17. The van der Waals surface area contributed by atoms with Gasteiger partial charge in [0.05, 0.1) is 29.2 Å². The van der Waals surface area contributed by atoms with E-state index < -0.39 is 0 Å². The van der Waals surface area contributed by atoms with E-state index in [0.29, 0.717) is 29.4 Å². The van der Waals surface area contributed by atoms with E-state index in [-0.39, 0.29) is 5.91 Å². The Morgan fingerprint density at radius 2 is 1.91 bits per heavy atom. The third-order valence-corrected chi connectivity index (χ3v) is 5.22. The number of imidazole rings is 1. The normalized spacial score (nSPS) is 11.0. The van der Waals surface area contributed by atoms with Gasteiger partial charge < -0.3 is 10.1 Å². The van der Waals surface area contributed by atoms with Crippen molar-refractivity contribution in [1.29, 1.82) is 0 Å². The zero-order valence-corrected chi connectivity index (χ0v) is 18.1. The first kappa shape index (κ1) is 20.4. The average molecular weight is 439 g/mol. The minimum atomic E-state index is -0.211. The van der Waals surface area contributed by atoms with Crippen LogP contribution in [0, 0.1) is 0 Å². The Labute approximate surface area is 189 Å². The maximum absolute atomic E-state index is 12.1. The van der Waals surface area contributed by atoms with Gasteiger partial charge in [-0.3, -0.25) is 14.5 Å². The third-order valence-electron chi connectivity index (χ3n) is 5.22. The molecule has 0 aliphatic rings. The Balaban J connectivity index is 1.60. The van der Waals surface area contributed by atoms with E-state index in [1.54, 1.807) is 40.9 Å². The van der Waals surface area contributed by atoms with Crippen molar-refractivity contribution >= 4 is 11.6 Å². The van der Waals surface area contributed by atoms with Crippen LogP contribution in [0.1, 0.15) is 15.9 Å². The molecule has 0 saturated carbocycles. The Morgan fingerprint density at radius 1 is 1.06 bits per heavy atom. The number of carbonyl (C=O) groups excluding carboxylic acids is 1. The number of pyridine rings is 1. The minimum absolute atomic E-state index is 0.211. The third kappa shape index (κ3) is 4.03. The van der Waals surface area contributed by atoms with Crippen LogP contribution in [0.4, 0.5) is 0 Å². The number of nitrogens with one attached hydrogen (secondary N) is 1. The number of amides is 1. The van der Waals surface area contributed by atoms with E-state index in [9.17, 15) is 4.79 Å². The number of ether oxygens (including phenoxy) is 1. The molecule has 0 atom stereocenters. The van der Waals surface area contributed by atoms with E-state index in [1.807, 2.05) is 49.6 Å². The molecule has 5 aromatic rings. The largest absolute Gasteiger partial charge is 0.471 e. The molecule has 9 nitrogen and oxygen atoms in total. The quantitative estimate of drug-likeness (QED) is 0.436. The van der Waals surface area contributed by atoms with Gasteiger partial charge in [-0.05, 0) is 17.7 Å². The zero-order valence-electron chi connectivity index (χ0n) is 18.1. The molecule has 1 amide bonds. The van der Waals surface area contributed by atoms with Crippen molar-refractivity contribution in [3.05, 3.63) is 84.6 Å². The number of fused-ring (bicyclic) bond motifs is 1. The lowest BCUT2D eigenvalue weighted by atomic mass is 10.1. The number of hydrogen-bond donors (Lipinski definition) is 1. The van der Waals surface area contributed by atoms with Crippen molar-refractivity contribution < 1.29 is 9.53 Å². The van der Waals surface area contributed by atoms with Gasteiger partial charge >= 0.3 is 0 Å². The minimum Gasteiger partial charge on any atom is -0.471 e. The summed E-state index contributed by atoms with van der Waals surface area (Å²) in [5.41, 5.74) is 5.22. The van der Waals surface area contributed by atoms with Crippen molar-refractivity contribution in [2.75, 3.05) is 7.05 Å². The monoisotopic (exact) mass is 439 g/mol. The summed E-state index contributed by atoms with van der Waals surface area (Å²) in [6.07, 6.45) is 8.58. The number of hydrogen-bond acceptors (Lipinski definition) is 6. The standard InChI is InChI=1S/C24H21N7O2/c1-25-23(32)18-8-17(10-26-11-18)21-13-27-22-9-20(19-12-28-30(2)14-19)24(29-31(21)22)33-15-16-6-4-3-5-7-16/h3-14H,15H2,1-2H3,(H,25,32). The molecule has 0 fully saturated rings. The topological polar surface area (TPSA) is 99.2 Å². The summed E-state index contributed by atoms with van der Waals surface area (Å²) in [6, 6.07) is 13.6. The Bertz CT molecular complexity index is 1440. The number of carbonyl (C=O) groups is 1. The number of benzene rings is 1. The van der Waals surface area contributed by atoms with Crippen molar-refractivity contribution in [1.82, 2.24) is 34.7 Å². The first-order valence-corrected chi connectivity index (χ1v) is 10.3. The first-order valence-electron chi connectivity index (χ1n) is 10.3. The summed E-state index contributed by atoms with van der Waals surface area (Å²) in [6.45, 7) is 0.365. The fourth-order valence-corrected chi connectivity index (χ4v) is 3.54. The number of aryl methyl sites for hydroxylation is 1. The predicted molar refractivity (Wildman–Crippen MR) is 123 cm³/mol. The molecule has 1 aromatic carbocycles. The van der Waals surface area contributed by atoms with E-state index in [1.165, 1.54) is 6.20 Å². The predicted octanol–water partition coefficient (Wildman–Crippen LogP) is 3.13. The molecule has 5 rings (SSSR count). The lowest BCUT2D eigenvalue weighted by molar-refractivity contribution is 0.0962. The van der Waals surface area contributed by atoms with Crippen molar-refractivity contribution in [3.63, 3.8) is 0 Å². The van der Waals surface area contributed by atoms with Gasteiger partial charge in [0.2, 0.25) is 5.88 Å². The van der Waals surface area contributed by atoms with Gasteiger partial charge in [-0.2, -0.15) is 5.10 Å². The van der Waals surface area contributed by atoms with Gasteiger partial charge in [-0.25, -0.2) is 9.50 Å². The summed E-state index contributed by atoms with van der Waals surface area (Å²) in [5.74, 6) is 0.242. The molecular weight excluding hydrogens is 418 g/mol. The molecule has 0 aliphatic carbocycles. The molecule has 4 heterocycles. The molecule has 9 heteroatoms. The molecule has 0 bridgehead atoms. The van der Waals surface area contributed by atoms with Gasteiger partial charge in [0.25, 0.3) is 5.91 Å². The van der Waals surface area contributed by atoms with Crippen LogP contribution in [0.3, 0.4) is 0 Å². The van der Waals surface area contributed by atoms with Crippen LogP contribution in [0.25, 0.3) is 28.0 Å². The van der Waals surface area contributed by atoms with Crippen LogP contribution in [0.15, 0.2) is 73.4 Å². The lowest BCUT2D eigenvalue weighted by Gasteiger charge is -2.11. The summed E-state index contributed by atoms with van der Waals surface area (Å²) < 4.78 is 9.59. The highest BCUT2D eigenvalue weighted by atomic mass is 16.5. The van der Waals surface area contributed by atoms with Gasteiger partial charge in [-0.15, -0.1) is 5.10 Å². The van der Waals surface area contributed by atoms with Crippen LogP contribution in [0.2, 0.25) is 0 Å². The highest BCUT2D eigenvalue weighted by Gasteiger charge is 2.17. The number of nitrogens with zero attached hydrogens (tertiary/aromatic N) is 6. The van der Waals surface area contributed by atoms with Crippen LogP contribution in [-0.4, -0.2) is 42.3 Å². The van der Waals surface area contributed by atoms with E-state index in [0.717, 1.165) is 22.3 Å². The molecule has 0 aliphatic heterocycles. The Kier molecular flexibility index (Phi) is 5.27. The highest BCUT2D eigenvalue weighted by molar-refractivity contribution is 5.94. The van der Waals surface area contributed by atoms with Crippen LogP contribution in [0.5, 0.6) is 5.88 Å². The van der Waals surface area contributed by atoms with Crippen molar-refractivity contribution in [2.24, 2.45) is 7.05 Å². The van der Waals surface area contributed by atoms with Crippen molar-refractivity contribution in [3.8, 4) is 28.3 Å². The molecule has 0 spiro atoms. The molecule has 4 aromatic heterocycles. The summed E-state index contributed by atoms with van der Waals surface area (Å²) in [5, 5.41) is 11.7. The second-order valence-corrected chi connectivity index (χ2v) is 7.49.